The zero-order chi connectivity index (χ0) is 22.9. The number of amides is 3. The average molecular weight is 431 g/mol. The van der Waals surface area contributed by atoms with E-state index in [1.54, 1.807) is 53.4 Å². The van der Waals surface area contributed by atoms with E-state index in [0.29, 0.717) is 29.2 Å². The van der Waals surface area contributed by atoms with Crippen molar-refractivity contribution in [3.8, 4) is 0 Å². The van der Waals surface area contributed by atoms with Crippen LogP contribution in [0, 0.1) is 0 Å². The molecule has 0 fully saturated rings. The third-order valence-corrected chi connectivity index (χ3v) is 4.66. The van der Waals surface area contributed by atoms with Gasteiger partial charge in [-0.2, -0.15) is 0 Å². The summed E-state index contributed by atoms with van der Waals surface area (Å²) >= 11 is 0. The van der Waals surface area contributed by atoms with Crippen molar-refractivity contribution in [1.29, 1.82) is 0 Å². The molecular weight excluding hydrogens is 404 g/mol. The molecular formula is C25H26N4O3. The Labute approximate surface area is 187 Å². The highest BCUT2D eigenvalue weighted by Crippen LogP contribution is 2.19. The molecule has 0 bridgehead atoms. The first-order valence-electron chi connectivity index (χ1n) is 10.3. The number of hydrogen-bond donors (Lipinski definition) is 3. The highest BCUT2D eigenvalue weighted by molar-refractivity contribution is 6.07. The molecule has 0 aliphatic rings. The zero-order valence-electron chi connectivity index (χ0n) is 18.1. The fourth-order valence-corrected chi connectivity index (χ4v) is 3.23. The lowest BCUT2D eigenvalue weighted by Crippen LogP contribution is -2.30. The molecule has 164 valence electrons. The van der Waals surface area contributed by atoms with Crippen LogP contribution >= 0.6 is 0 Å². The van der Waals surface area contributed by atoms with Gasteiger partial charge in [-0.3, -0.25) is 14.4 Å². The van der Waals surface area contributed by atoms with Crippen molar-refractivity contribution in [2.24, 2.45) is 0 Å². The lowest BCUT2D eigenvalue weighted by molar-refractivity contribution is -0.115. The van der Waals surface area contributed by atoms with Gasteiger partial charge in [-0.1, -0.05) is 30.3 Å². The van der Waals surface area contributed by atoms with Crippen LogP contribution in [0.25, 0.3) is 0 Å². The van der Waals surface area contributed by atoms with Gasteiger partial charge >= 0.3 is 0 Å². The summed E-state index contributed by atoms with van der Waals surface area (Å²) in [6.07, 6.45) is 0. The molecule has 3 rings (SSSR count). The summed E-state index contributed by atoms with van der Waals surface area (Å²) in [4.78, 5) is 38.3. The monoisotopic (exact) mass is 430 g/mol. The van der Waals surface area contributed by atoms with Crippen LogP contribution in [0.4, 0.5) is 22.7 Å². The number of carbonyl (C=O) groups excluding carboxylic acids is 3. The van der Waals surface area contributed by atoms with Crippen molar-refractivity contribution in [1.82, 2.24) is 0 Å². The Morgan fingerprint density at radius 2 is 1.44 bits per heavy atom. The number of nitrogens with zero attached hydrogens (tertiary/aromatic N) is 1. The van der Waals surface area contributed by atoms with Gasteiger partial charge in [-0.15, -0.1) is 0 Å². The van der Waals surface area contributed by atoms with E-state index in [4.69, 9.17) is 0 Å². The quantitative estimate of drug-likeness (QED) is 0.495. The lowest BCUT2D eigenvalue weighted by Gasteiger charge is -2.21. The zero-order valence-corrected chi connectivity index (χ0v) is 18.1. The molecule has 0 unspecified atom stereocenters. The maximum absolute atomic E-state index is 13.0. The summed E-state index contributed by atoms with van der Waals surface area (Å²) in [6, 6.07) is 23.5. The maximum atomic E-state index is 13.0. The minimum atomic E-state index is -0.255. The second kappa shape index (κ2) is 10.8. The van der Waals surface area contributed by atoms with Crippen molar-refractivity contribution >= 4 is 40.5 Å². The number of benzene rings is 3. The molecule has 0 aliphatic heterocycles. The molecule has 3 N–H and O–H groups in total. The predicted octanol–water partition coefficient (Wildman–Crippen LogP) is 4.36. The Morgan fingerprint density at radius 1 is 0.781 bits per heavy atom. The summed E-state index contributed by atoms with van der Waals surface area (Å²) in [6.45, 7) is 3.92. The van der Waals surface area contributed by atoms with E-state index in [-0.39, 0.29) is 24.3 Å². The smallest absolute Gasteiger partial charge is 0.258 e. The van der Waals surface area contributed by atoms with Crippen molar-refractivity contribution in [3.05, 3.63) is 84.4 Å². The first kappa shape index (κ1) is 22.6. The van der Waals surface area contributed by atoms with Crippen molar-refractivity contribution in [3.63, 3.8) is 0 Å². The fraction of sp³-hybridized carbons (Fsp3) is 0.160. The number of nitrogens with one attached hydrogen (secondary N) is 3. The molecule has 0 radical (unpaired) electrons. The Hall–Kier alpha value is -4.13. The van der Waals surface area contributed by atoms with E-state index in [0.717, 1.165) is 5.69 Å². The van der Waals surface area contributed by atoms with E-state index < -0.39 is 0 Å². The van der Waals surface area contributed by atoms with E-state index in [2.05, 4.69) is 16.0 Å². The number of carbonyl (C=O) groups is 3. The number of rotatable bonds is 8. The van der Waals surface area contributed by atoms with Gasteiger partial charge in [0.25, 0.3) is 5.91 Å². The van der Waals surface area contributed by atoms with Gasteiger partial charge in [-0.25, -0.2) is 0 Å². The summed E-state index contributed by atoms with van der Waals surface area (Å²) in [5.41, 5.74) is 3.20. The molecule has 0 spiro atoms. The van der Waals surface area contributed by atoms with Gasteiger partial charge in [0.1, 0.15) is 0 Å². The van der Waals surface area contributed by atoms with Crippen LogP contribution in [0.5, 0.6) is 0 Å². The minimum absolute atomic E-state index is 0.0345. The van der Waals surface area contributed by atoms with Gasteiger partial charge in [-0.05, 0) is 55.5 Å². The van der Waals surface area contributed by atoms with Crippen LogP contribution in [0.1, 0.15) is 24.2 Å². The average Bonchev–Trinajstić information content (AvgIpc) is 2.79. The van der Waals surface area contributed by atoms with Gasteiger partial charge in [0.2, 0.25) is 11.8 Å². The Balaban J connectivity index is 1.62. The van der Waals surface area contributed by atoms with Crippen LogP contribution in [0.15, 0.2) is 78.9 Å². The van der Waals surface area contributed by atoms with Crippen LogP contribution < -0.4 is 20.9 Å². The molecule has 0 aliphatic carbocycles. The number of para-hydroxylation sites is 1. The summed E-state index contributed by atoms with van der Waals surface area (Å²) < 4.78 is 0. The molecule has 0 heterocycles. The Morgan fingerprint density at radius 3 is 2.12 bits per heavy atom. The largest absolute Gasteiger partial charge is 0.376 e. The highest BCUT2D eigenvalue weighted by Gasteiger charge is 2.16. The summed E-state index contributed by atoms with van der Waals surface area (Å²) in [5, 5.41) is 8.53. The molecule has 3 amide bonds. The van der Waals surface area contributed by atoms with Crippen molar-refractivity contribution in [2.75, 3.05) is 33.9 Å². The Kier molecular flexibility index (Phi) is 7.59. The standard InChI is InChI=1S/C25H26N4O3/c1-3-29(23-13-5-4-6-14-23)25(32)19-9-7-11-21(15-19)28-24(31)17-26-20-10-8-12-22(16-20)27-18(2)30/h4-16,26H,3,17H2,1-2H3,(H,27,30)(H,28,31). The molecule has 0 saturated carbocycles. The fourth-order valence-electron chi connectivity index (χ4n) is 3.23. The van der Waals surface area contributed by atoms with Crippen LogP contribution in [-0.4, -0.2) is 30.8 Å². The molecule has 0 aromatic heterocycles. The highest BCUT2D eigenvalue weighted by atomic mass is 16.2. The molecule has 0 atom stereocenters. The third kappa shape index (κ3) is 6.18. The summed E-state index contributed by atoms with van der Waals surface area (Å²) in [5.74, 6) is -0.555. The molecule has 7 heteroatoms. The first-order valence-corrected chi connectivity index (χ1v) is 10.3. The maximum Gasteiger partial charge on any atom is 0.258 e. The summed E-state index contributed by atoms with van der Waals surface area (Å²) in [7, 11) is 0. The normalized spacial score (nSPS) is 10.2. The molecule has 7 nitrogen and oxygen atoms in total. The van der Waals surface area contributed by atoms with Gasteiger partial charge in [0.15, 0.2) is 0 Å². The Bertz CT molecular complexity index is 1100. The van der Waals surface area contributed by atoms with E-state index >= 15 is 0 Å². The SMILES string of the molecule is CCN(C(=O)c1cccc(NC(=O)CNc2cccc(NC(C)=O)c2)c1)c1ccccc1. The number of hydrogen-bond acceptors (Lipinski definition) is 4. The third-order valence-electron chi connectivity index (χ3n) is 4.66. The predicted molar refractivity (Wildman–Crippen MR) is 128 cm³/mol. The van der Waals surface area contributed by atoms with Crippen molar-refractivity contribution < 1.29 is 14.4 Å². The lowest BCUT2D eigenvalue weighted by atomic mass is 10.1. The van der Waals surface area contributed by atoms with Crippen molar-refractivity contribution in [2.45, 2.75) is 13.8 Å². The second-order valence-electron chi connectivity index (χ2n) is 7.13. The van der Waals surface area contributed by atoms with Crippen LogP contribution in [0.2, 0.25) is 0 Å². The minimum Gasteiger partial charge on any atom is -0.376 e. The van der Waals surface area contributed by atoms with E-state index in [1.807, 2.05) is 37.3 Å². The van der Waals surface area contributed by atoms with Crippen LogP contribution in [-0.2, 0) is 9.59 Å². The van der Waals surface area contributed by atoms with Gasteiger partial charge < -0.3 is 20.9 Å². The molecule has 3 aromatic carbocycles. The molecule has 3 aromatic rings. The molecule has 0 saturated heterocycles. The first-order chi connectivity index (χ1) is 15.5. The van der Waals surface area contributed by atoms with Crippen LogP contribution in [0.3, 0.4) is 0 Å². The van der Waals surface area contributed by atoms with E-state index in [9.17, 15) is 14.4 Å². The van der Waals surface area contributed by atoms with E-state index in [1.165, 1.54) is 6.92 Å². The number of anilines is 4. The van der Waals surface area contributed by atoms with Gasteiger partial charge in [0, 0.05) is 41.8 Å². The molecule has 32 heavy (non-hydrogen) atoms. The topological polar surface area (TPSA) is 90.5 Å². The second-order valence-corrected chi connectivity index (χ2v) is 7.13. The van der Waals surface area contributed by atoms with Gasteiger partial charge in [0.05, 0.1) is 6.54 Å².